The fourth-order valence-corrected chi connectivity index (χ4v) is 1.64. The van der Waals surface area contributed by atoms with Gasteiger partial charge in [0.25, 0.3) is 5.69 Å². The van der Waals surface area contributed by atoms with Crippen molar-refractivity contribution in [2.75, 3.05) is 12.4 Å². The van der Waals surface area contributed by atoms with Crippen LogP contribution in [-0.4, -0.2) is 17.0 Å². The first kappa shape index (κ1) is 13.8. The fraction of sp³-hybridized carbons (Fsp3) is 0.0833. The molecule has 0 aliphatic heterocycles. The van der Waals surface area contributed by atoms with Crippen LogP contribution in [0.3, 0.4) is 0 Å². The summed E-state index contributed by atoms with van der Waals surface area (Å²) in [6.45, 7) is 0. The van der Waals surface area contributed by atoms with Crippen LogP contribution >= 0.6 is 0 Å². The van der Waals surface area contributed by atoms with E-state index in [1.165, 1.54) is 13.1 Å². The Bertz CT molecular complexity index is 692. The van der Waals surface area contributed by atoms with Gasteiger partial charge in [0.2, 0.25) is 0 Å². The van der Waals surface area contributed by atoms with Crippen LogP contribution in [0.1, 0.15) is 0 Å². The molecule has 1 heterocycles. The van der Waals surface area contributed by atoms with E-state index in [2.05, 4.69) is 10.3 Å². The molecule has 0 aliphatic carbocycles. The van der Waals surface area contributed by atoms with E-state index < -0.39 is 33.6 Å². The van der Waals surface area contributed by atoms with E-state index in [1.54, 1.807) is 0 Å². The van der Waals surface area contributed by atoms with Gasteiger partial charge in [-0.25, -0.2) is 18.2 Å². The first-order valence-electron chi connectivity index (χ1n) is 5.42. The number of nitrogens with one attached hydrogen (secondary N) is 1. The normalized spacial score (nSPS) is 10.4. The highest BCUT2D eigenvalue weighted by atomic mass is 19.2. The van der Waals surface area contributed by atoms with Crippen molar-refractivity contribution in [3.8, 4) is 11.3 Å². The Hall–Kier alpha value is -2.64. The van der Waals surface area contributed by atoms with Crippen LogP contribution in [0.25, 0.3) is 11.3 Å². The lowest BCUT2D eigenvalue weighted by Gasteiger charge is -2.07. The van der Waals surface area contributed by atoms with Gasteiger partial charge in [0.1, 0.15) is 11.6 Å². The van der Waals surface area contributed by atoms with Crippen LogP contribution in [0, 0.1) is 27.6 Å². The number of aromatic nitrogens is 1. The monoisotopic (exact) mass is 283 g/mol. The summed E-state index contributed by atoms with van der Waals surface area (Å²) >= 11 is 0. The van der Waals surface area contributed by atoms with Crippen molar-refractivity contribution >= 4 is 11.5 Å². The molecule has 0 saturated heterocycles. The van der Waals surface area contributed by atoms with Crippen LogP contribution in [0.4, 0.5) is 24.7 Å². The molecule has 1 N–H and O–H groups in total. The fourth-order valence-electron chi connectivity index (χ4n) is 1.64. The number of nitro groups is 1. The predicted molar refractivity (Wildman–Crippen MR) is 65.7 cm³/mol. The molecule has 104 valence electrons. The quantitative estimate of drug-likeness (QED) is 0.534. The van der Waals surface area contributed by atoms with Gasteiger partial charge in [-0.3, -0.25) is 10.1 Å². The molecule has 0 bridgehead atoms. The standard InChI is InChI=1S/C12H8F3N3O2/c1-16-11-3-2-10(18(19)20)12(17-11)6-4-8(14)9(15)5-7(6)13/h2-5H,1H3,(H,16,17). The molecule has 20 heavy (non-hydrogen) atoms. The minimum absolute atomic E-state index is 0.231. The van der Waals surface area contributed by atoms with E-state index in [0.29, 0.717) is 12.1 Å². The number of rotatable bonds is 3. The van der Waals surface area contributed by atoms with E-state index in [9.17, 15) is 23.3 Å². The van der Waals surface area contributed by atoms with Crippen LogP contribution in [0.5, 0.6) is 0 Å². The summed E-state index contributed by atoms with van der Waals surface area (Å²) in [6.07, 6.45) is 0. The third-order valence-corrected chi connectivity index (χ3v) is 2.59. The molecule has 0 saturated carbocycles. The van der Waals surface area contributed by atoms with Gasteiger partial charge in [-0.1, -0.05) is 0 Å². The lowest BCUT2D eigenvalue weighted by atomic mass is 10.1. The molecule has 5 nitrogen and oxygen atoms in total. The highest BCUT2D eigenvalue weighted by Crippen LogP contribution is 2.32. The Morgan fingerprint density at radius 2 is 1.80 bits per heavy atom. The molecule has 0 amide bonds. The maximum Gasteiger partial charge on any atom is 0.295 e. The SMILES string of the molecule is CNc1ccc([N+](=O)[O-])c(-c2cc(F)c(F)cc2F)n1. The molecule has 0 aliphatic rings. The number of halogens is 3. The molecular formula is C12H8F3N3O2. The minimum Gasteiger partial charge on any atom is -0.373 e. The van der Waals surface area contributed by atoms with Crippen LogP contribution in [-0.2, 0) is 0 Å². The Balaban J connectivity index is 2.73. The van der Waals surface area contributed by atoms with E-state index in [4.69, 9.17) is 0 Å². The summed E-state index contributed by atoms with van der Waals surface area (Å²) in [5.41, 5.74) is -1.36. The van der Waals surface area contributed by atoms with E-state index in [-0.39, 0.29) is 11.5 Å². The van der Waals surface area contributed by atoms with Gasteiger partial charge in [-0.2, -0.15) is 0 Å². The maximum atomic E-state index is 13.7. The van der Waals surface area contributed by atoms with Crippen molar-refractivity contribution in [2.45, 2.75) is 0 Å². The topological polar surface area (TPSA) is 68.1 Å². The third kappa shape index (κ3) is 2.40. The number of anilines is 1. The maximum absolute atomic E-state index is 13.7. The number of hydrogen-bond donors (Lipinski definition) is 1. The van der Waals surface area contributed by atoms with Crippen molar-refractivity contribution in [1.29, 1.82) is 0 Å². The number of benzene rings is 1. The average Bonchev–Trinajstić information content (AvgIpc) is 2.42. The zero-order chi connectivity index (χ0) is 14.9. The molecular weight excluding hydrogens is 275 g/mol. The molecule has 0 radical (unpaired) electrons. The van der Waals surface area contributed by atoms with Gasteiger partial charge in [0.15, 0.2) is 17.3 Å². The largest absolute Gasteiger partial charge is 0.373 e. The second kappa shape index (κ2) is 5.16. The molecule has 2 rings (SSSR count). The van der Waals surface area contributed by atoms with Crippen LogP contribution in [0.2, 0.25) is 0 Å². The number of nitrogens with zero attached hydrogens (tertiary/aromatic N) is 2. The predicted octanol–water partition coefficient (Wildman–Crippen LogP) is 3.12. The molecule has 0 spiro atoms. The molecule has 0 atom stereocenters. The van der Waals surface area contributed by atoms with Crippen molar-refractivity contribution in [2.24, 2.45) is 0 Å². The van der Waals surface area contributed by atoms with Crippen LogP contribution < -0.4 is 5.32 Å². The Morgan fingerprint density at radius 1 is 1.15 bits per heavy atom. The third-order valence-electron chi connectivity index (χ3n) is 2.59. The summed E-state index contributed by atoms with van der Waals surface area (Å²) in [6, 6.07) is 3.29. The number of hydrogen-bond acceptors (Lipinski definition) is 4. The van der Waals surface area contributed by atoms with Gasteiger partial charge < -0.3 is 5.32 Å². The first-order chi connectivity index (χ1) is 9.43. The molecule has 0 unspecified atom stereocenters. The first-order valence-corrected chi connectivity index (χ1v) is 5.42. The second-order valence-electron chi connectivity index (χ2n) is 3.82. The summed E-state index contributed by atoms with van der Waals surface area (Å²) in [7, 11) is 1.51. The molecule has 2 aromatic rings. The van der Waals surface area contributed by atoms with Gasteiger partial charge in [0, 0.05) is 24.7 Å². The summed E-state index contributed by atoms with van der Waals surface area (Å²) in [4.78, 5) is 14.0. The van der Waals surface area contributed by atoms with Crippen molar-refractivity contribution < 1.29 is 18.1 Å². The van der Waals surface area contributed by atoms with Crippen molar-refractivity contribution in [1.82, 2.24) is 4.98 Å². The smallest absolute Gasteiger partial charge is 0.295 e. The van der Waals surface area contributed by atoms with E-state index in [1.807, 2.05) is 0 Å². The zero-order valence-corrected chi connectivity index (χ0v) is 10.2. The molecule has 1 aromatic carbocycles. The Labute approximate surface area is 111 Å². The molecule has 1 aromatic heterocycles. The summed E-state index contributed by atoms with van der Waals surface area (Å²) in [5.74, 6) is -3.59. The molecule has 8 heteroatoms. The lowest BCUT2D eigenvalue weighted by Crippen LogP contribution is -2.01. The van der Waals surface area contributed by atoms with E-state index in [0.717, 1.165) is 6.07 Å². The van der Waals surface area contributed by atoms with Crippen molar-refractivity contribution in [3.05, 3.63) is 51.8 Å². The highest BCUT2D eigenvalue weighted by Gasteiger charge is 2.22. The summed E-state index contributed by atoms with van der Waals surface area (Å²) in [5, 5.41) is 13.5. The molecule has 0 fully saturated rings. The Kier molecular flexibility index (Phi) is 3.55. The summed E-state index contributed by atoms with van der Waals surface area (Å²) < 4.78 is 39.8. The lowest BCUT2D eigenvalue weighted by molar-refractivity contribution is -0.384. The average molecular weight is 283 g/mol. The van der Waals surface area contributed by atoms with Crippen LogP contribution in [0.15, 0.2) is 24.3 Å². The van der Waals surface area contributed by atoms with Gasteiger partial charge in [0.05, 0.1) is 4.92 Å². The highest BCUT2D eigenvalue weighted by molar-refractivity contribution is 5.72. The Morgan fingerprint density at radius 3 is 2.40 bits per heavy atom. The van der Waals surface area contributed by atoms with E-state index >= 15 is 0 Å². The minimum atomic E-state index is -1.38. The van der Waals surface area contributed by atoms with Gasteiger partial charge in [-0.15, -0.1) is 0 Å². The van der Waals surface area contributed by atoms with Gasteiger partial charge >= 0.3 is 0 Å². The van der Waals surface area contributed by atoms with Gasteiger partial charge in [-0.05, 0) is 12.1 Å². The second-order valence-corrected chi connectivity index (χ2v) is 3.82. The van der Waals surface area contributed by atoms with Crippen molar-refractivity contribution in [3.63, 3.8) is 0 Å². The zero-order valence-electron chi connectivity index (χ0n) is 10.2. The number of pyridine rings is 1.